The van der Waals surface area contributed by atoms with Gasteiger partial charge in [-0.05, 0) is 32.0 Å². The molecule has 1 heterocycles. The van der Waals surface area contributed by atoms with Gasteiger partial charge in [-0.1, -0.05) is 19.4 Å². The van der Waals surface area contributed by atoms with Crippen LogP contribution in [0.2, 0.25) is 0 Å². The summed E-state index contributed by atoms with van der Waals surface area (Å²) in [6, 6.07) is 4.68. The number of aryl methyl sites for hydroxylation is 1. The standard InChI is InChI=1S/C12H20N2/c1-4-6-11(13-3)9-12-10(2)7-5-8-14-12/h5,7-8,11,13H,4,6,9H2,1-3H3. The molecule has 1 aromatic heterocycles. The zero-order chi connectivity index (χ0) is 10.4. The Morgan fingerprint density at radius 1 is 1.50 bits per heavy atom. The Kier molecular flexibility index (Phi) is 4.60. The fourth-order valence-electron chi connectivity index (χ4n) is 1.66. The molecule has 0 saturated heterocycles. The molecule has 0 bridgehead atoms. The second kappa shape index (κ2) is 5.76. The Bertz CT molecular complexity index is 271. The summed E-state index contributed by atoms with van der Waals surface area (Å²) in [5.41, 5.74) is 2.52. The Labute approximate surface area is 86.8 Å². The summed E-state index contributed by atoms with van der Waals surface area (Å²) in [5, 5.41) is 3.34. The van der Waals surface area contributed by atoms with Crippen LogP contribution in [0.4, 0.5) is 0 Å². The molecule has 0 fully saturated rings. The van der Waals surface area contributed by atoms with Crippen LogP contribution < -0.4 is 5.32 Å². The highest BCUT2D eigenvalue weighted by atomic mass is 14.9. The van der Waals surface area contributed by atoms with E-state index >= 15 is 0 Å². The smallest absolute Gasteiger partial charge is 0.0448 e. The predicted octanol–water partition coefficient (Wildman–Crippen LogP) is 2.32. The summed E-state index contributed by atoms with van der Waals surface area (Å²) < 4.78 is 0. The maximum atomic E-state index is 4.41. The highest BCUT2D eigenvalue weighted by Gasteiger charge is 2.08. The molecule has 2 nitrogen and oxygen atoms in total. The van der Waals surface area contributed by atoms with E-state index in [0.717, 1.165) is 6.42 Å². The van der Waals surface area contributed by atoms with Gasteiger partial charge in [0.2, 0.25) is 0 Å². The summed E-state index contributed by atoms with van der Waals surface area (Å²) in [6.45, 7) is 4.34. The van der Waals surface area contributed by atoms with Crippen molar-refractivity contribution in [2.75, 3.05) is 7.05 Å². The lowest BCUT2D eigenvalue weighted by atomic mass is 10.0. The molecule has 1 atom stereocenters. The van der Waals surface area contributed by atoms with Crippen molar-refractivity contribution in [3.05, 3.63) is 29.6 Å². The number of nitrogens with one attached hydrogen (secondary N) is 1. The van der Waals surface area contributed by atoms with E-state index in [1.165, 1.54) is 24.1 Å². The number of hydrogen-bond donors (Lipinski definition) is 1. The molecule has 0 aliphatic carbocycles. The van der Waals surface area contributed by atoms with Crippen molar-refractivity contribution in [3.63, 3.8) is 0 Å². The molecule has 0 aromatic carbocycles. The third kappa shape index (κ3) is 3.11. The minimum absolute atomic E-state index is 0.564. The van der Waals surface area contributed by atoms with Crippen molar-refractivity contribution in [1.29, 1.82) is 0 Å². The van der Waals surface area contributed by atoms with Crippen molar-refractivity contribution in [2.45, 2.75) is 39.2 Å². The van der Waals surface area contributed by atoms with Gasteiger partial charge in [0.15, 0.2) is 0 Å². The summed E-state index contributed by atoms with van der Waals surface area (Å²) in [5.74, 6) is 0. The molecule has 1 N–H and O–H groups in total. The molecule has 0 spiro atoms. The molecule has 0 aliphatic rings. The molecule has 0 radical (unpaired) electrons. The SMILES string of the molecule is CCCC(Cc1ncccc1C)NC. The van der Waals surface area contributed by atoms with Crippen LogP contribution in [0.3, 0.4) is 0 Å². The Balaban J connectivity index is 2.62. The summed E-state index contributed by atoms with van der Waals surface area (Å²) in [7, 11) is 2.03. The fraction of sp³-hybridized carbons (Fsp3) is 0.583. The van der Waals surface area contributed by atoms with Crippen LogP contribution in [0.5, 0.6) is 0 Å². The average molecular weight is 192 g/mol. The summed E-state index contributed by atoms with van der Waals surface area (Å²) >= 11 is 0. The second-order valence-electron chi connectivity index (χ2n) is 3.75. The zero-order valence-corrected chi connectivity index (χ0v) is 9.38. The number of rotatable bonds is 5. The Morgan fingerprint density at radius 3 is 2.86 bits per heavy atom. The lowest BCUT2D eigenvalue weighted by Gasteiger charge is -2.15. The van der Waals surface area contributed by atoms with Crippen LogP contribution in [-0.4, -0.2) is 18.1 Å². The summed E-state index contributed by atoms with van der Waals surface area (Å²) in [4.78, 5) is 4.41. The van der Waals surface area contributed by atoms with Gasteiger partial charge in [0, 0.05) is 24.4 Å². The van der Waals surface area contributed by atoms with Crippen LogP contribution >= 0.6 is 0 Å². The monoisotopic (exact) mass is 192 g/mol. The molecule has 0 aliphatic heterocycles. The topological polar surface area (TPSA) is 24.9 Å². The van der Waals surface area contributed by atoms with E-state index in [9.17, 15) is 0 Å². The Hall–Kier alpha value is -0.890. The number of pyridine rings is 1. The van der Waals surface area contributed by atoms with Gasteiger partial charge in [0.1, 0.15) is 0 Å². The van der Waals surface area contributed by atoms with Gasteiger partial charge in [-0.3, -0.25) is 4.98 Å². The maximum Gasteiger partial charge on any atom is 0.0448 e. The van der Waals surface area contributed by atoms with Crippen LogP contribution in [-0.2, 0) is 6.42 Å². The largest absolute Gasteiger partial charge is 0.317 e. The van der Waals surface area contributed by atoms with E-state index in [4.69, 9.17) is 0 Å². The van der Waals surface area contributed by atoms with Crippen molar-refractivity contribution < 1.29 is 0 Å². The number of nitrogens with zero attached hydrogens (tertiary/aromatic N) is 1. The van der Waals surface area contributed by atoms with Crippen LogP contribution in [0.1, 0.15) is 31.0 Å². The van der Waals surface area contributed by atoms with E-state index in [1.54, 1.807) is 0 Å². The molecule has 2 heteroatoms. The van der Waals surface area contributed by atoms with E-state index in [1.807, 2.05) is 19.3 Å². The van der Waals surface area contributed by atoms with E-state index in [-0.39, 0.29) is 0 Å². The first-order valence-corrected chi connectivity index (χ1v) is 5.35. The van der Waals surface area contributed by atoms with Crippen LogP contribution in [0, 0.1) is 6.92 Å². The highest BCUT2D eigenvalue weighted by molar-refractivity contribution is 5.18. The molecule has 0 amide bonds. The summed E-state index contributed by atoms with van der Waals surface area (Å²) in [6.07, 6.45) is 5.35. The predicted molar refractivity (Wildman–Crippen MR) is 60.4 cm³/mol. The van der Waals surface area contributed by atoms with Gasteiger partial charge in [0.05, 0.1) is 0 Å². The lowest BCUT2D eigenvalue weighted by molar-refractivity contribution is 0.508. The molecule has 14 heavy (non-hydrogen) atoms. The van der Waals surface area contributed by atoms with Gasteiger partial charge in [-0.2, -0.15) is 0 Å². The molecule has 1 rings (SSSR count). The molecule has 1 unspecified atom stereocenters. The van der Waals surface area contributed by atoms with Gasteiger partial charge in [-0.25, -0.2) is 0 Å². The zero-order valence-electron chi connectivity index (χ0n) is 9.38. The average Bonchev–Trinajstić information content (AvgIpc) is 2.20. The molecule has 1 aromatic rings. The Morgan fingerprint density at radius 2 is 2.29 bits per heavy atom. The molecular weight excluding hydrogens is 172 g/mol. The van der Waals surface area contributed by atoms with E-state index < -0.39 is 0 Å². The minimum atomic E-state index is 0.564. The second-order valence-corrected chi connectivity index (χ2v) is 3.75. The molecule has 78 valence electrons. The third-order valence-corrected chi connectivity index (χ3v) is 2.60. The van der Waals surface area contributed by atoms with Gasteiger partial charge < -0.3 is 5.32 Å². The number of likely N-dealkylation sites (N-methyl/N-ethyl adjacent to an activating group) is 1. The maximum absolute atomic E-state index is 4.41. The van der Waals surface area contributed by atoms with Crippen LogP contribution in [0.15, 0.2) is 18.3 Å². The first-order valence-electron chi connectivity index (χ1n) is 5.35. The van der Waals surface area contributed by atoms with Crippen molar-refractivity contribution in [2.24, 2.45) is 0 Å². The highest BCUT2D eigenvalue weighted by Crippen LogP contribution is 2.09. The third-order valence-electron chi connectivity index (χ3n) is 2.60. The molecular formula is C12H20N2. The van der Waals surface area contributed by atoms with E-state index in [2.05, 4.69) is 30.2 Å². The first-order chi connectivity index (χ1) is 6.77. The van der Waals surface area contributed by atoms with Crippen LogP contribution in [0.25, 0.3) is 0 Å². The molecule has 0 saturated carbocycles. The van der Waals surface area contributed by atoms with Crippen molar-refractivity contribution >= 4 is 0 Å². The first kappa shape index (κ1) is 11.2. The number of aromatic nitrogens is 1. The van der Waals surface area contributed by atoms with Crippen molar-refractivity contribution in [1.82, 2.24) is 10.3 Å². The minimum Gasteiger partial charge on any atom is -0.317 e. The van der Waals surface area contributed by atoms with Gasteiger partial charge >= 0.3 is 0 Å². The quantitative estimate of drug-likeness (QED) is 0.774. The van der Waals surface area contributed by atoms with Gasteiger partial charge in [0.25, 0.3) is 0 Å². The van der Waals surface area contributed by atoms with Gasteiger partial charge in [-0.15, -0.1) is 0 Å². The lowest BCUT2D eigenvalue weighted by Crippen LogP contribution is -2.27. The van der Waals surface area contributed by atoms with E-state index in [0.29, 0.717) is 6.04 Å². The fourth-order valence-corrected chi connectivity index (χ4v) is 1.66. The van der Waals surface area contributed by atoms with Crippen molar-refractivity contribution in [3.8, 4) is 0 Å². The normalized spacial score (nSPS) is 12.8. The number of hydrogen-bond acceptors (Lipinski definition) is 2.